The molecule has 0 bridgehead atoms. The van der Waals surface area contributed by atoms with Crippen molar-refractivity contribution >= 4 is 11.5 Å². The van der Waals surface area contributed by atoms with Gasteiger partial charge in [0.25, 0.3) is 0 Å². The molecule has 1 heterocycles. The van der Waals surface area contributed by atoms with Gasteiger partial charge in [0.05, 0.1) is 18.8 Å². The molecule has 3 aromatic rings. The summed E-state index contributed by atoms with van der Waals surface area (Å²) < 4.78 is 5.47. The van der Waals surface area contributed by atoms with E-state index in [0.29, 0.717) is 12.8 Å². The number of ketones is 1. The second kappa shape index (κ2) is 10.1. The highest BCUT2D eigenvalue weighted by atomic mass is 16.5. The first-order valence-electron chi connectivity index (χ1n) is 11.3. The van der Waals surface area contributed by atoms with Gasteiger partial charge in [-0.2, -0.15) is 0 Å². The zero-order valence-electron chi connectivity index (χ0n) is 19.0. The Bertz CT molecular complexity index is 953. The van der Waals surface area contributed by atoms with Crippen molar-refractivity contribution in [3.05, 3.63) is 102 Å². The Morgan fingerprint density at radius 1 is 0.812 bits per heavy atom. The Hall–Kier alpha value is -2.95. The van der Waals surface area contributed by atoms with Crippen LogP contribution in [0.5, 0.6) is 0 Å². The van der Waals surface area contributed by atoms with E-state index in [1.807, 2.05) is 62.6 Å². The van der Waals surface area contributed by atoms with Crippen molar-refractivity contribution in [2.75, 3.05) is 45.3 Å². The molecular formula is C28H32N2O2. The Morgan fingerprint density at radius 2 is 1.31 bits per heavy atom. The van der Waals surface area contributed by atoms with Crippen LogP contribution in [0.2, 0.25) is 0 Å². The molecule has 0 atom stereocenters. The molecule has 4 rings (SSSR count). The number of ether oxygens (including phenoxy) is 1. The second-order valence-corrected chi connectivity index (χ2v) is 8.73. The fraction of sp³-hybridized carbons (Fsp3) is 0.321. The number of rotatable bonds is 8. The van der Waals surface area contributed by atoms with E-state index in [1.54, 1.807) is 0 Å². The van der Waals surface area contributed by atoms with Crippen molar-refractivity contribution in [3.63, 3.8) is 0 Å². The van der Waals surface area contributed by atoms with E-state index in [0.717, 1.165) is 48.7 Å². The number of Topliss-reactive ketones (excluding diaryl/α,β-unsaturated/α-hetero) is 1. The van der Waals surface area contributed by atoms with E-state index in [-0.39, 0.29) is 5.78 Å². The van der Waals surface area contributed by atoms with E-state index in [4.69, 9.17) is 4.74 Å². The van der Waals surface area contributed by atoms with Crippen LogP contribution >= 0.6 is 0 Å². The zero-order valence-corrected chi connectivity index (χ0v) is 19.0. The molecule has 1 saturated heterocycles. The summed E-state index contributed by atoms with van der Waals surface area (Å²) >= 11 is 0. The van der Waals surface area contributed by atoms with Gasteiger partial charge in [0.2, 0.25) is 0 Å². The summed E-state index contributed by atoms with van der Waals surface area (Å²) in [6.45, 7) is 3.27. The third-order valence-corrected chi connectivity index (χ3v) is 6.46. The third-order valence-electron chi connectivity index (χ3n) is 6.46. The standard InChI is InChI=1S/C28H32N2O2/c1-29(2)28(21-23-9-5-3-6-10-23,22-24-11-7-4-8-12-24)27(31)25-13-15-26(16-14-25)30-17-19-32-20-18-30/h3-16H,17-22H2,1-2H3. The monoisotopic (exact) mass is 428 g/mol. The van der Waals surface area contributed by atoms with Gasteiger partial charge >= 0.3 is 0 Å². The molecule has 166 valence electrons. The summed E-state index contributed by atoms with van der Waals surface area (Å²) in [6.07, 6.45) is 1.31. The van der Waals surface area contributed by atoms with Gasteiger partial charge in [-0.05, 0) is 62.3 Å². The Morgan fingerprint density at radius 3 is 1.78 bits per heavy atom. The van der Waals surface area contributed by atoms with Crippen molar-refractivity contribution in [1.29, 1.82) is 0 Å². The van der Waals surface area contributed by atoms with Gasteiger partial charge in [0, 0.05) is 24.3 Å². The lowest BCUT2D eigenvalue weighted by atomic mass is 9.77. The van der Waals surface area contributed by atoms with Crippen molar-refractivity contribution in [3.8, 4) is 0 Å². The highest BCUT2D eigenvalue weighted by Gasteiger charge is 2.41. The number of hydrogen-bond donors (Lipinski definition) is 0. The molecule has 4 nitrogen and oxygen atoms in total. The van der Waals surface area contributed by atoms with Gasteiger partial charge < -0.3 is 9.64 Å². The summed E-state index contributed by atoms with van der Waals surface area (Å²) in [5.74, 6) is 0.156. The molecule has 0 N–H and O–H groups in total. The van der Waals surface area contributed by atoms with Crippen LogP contribution in [-0.2, 0) is 17.6 Å². The first-order valence-corrected chi connectivity index (χ1v) is 11.3. The quantitative estimate of drug-likeness (QED) is 0.495. The molecule has 32 heavy (non-hydrogen) atoms. The number of carbonyl (C=O) groups is 1. The Balaban J connectivity index is 1.68. The SMILES string of the molecule is CN(C)C(Cc1ccccc1)(Cc1ccccc1)C(=O)c1ccc(N2CCOCC2)cc1. The summed E-state index contributed by atoms with van der Waals surface area (Å²) in [5, 5.41) is 0. The molecule has 4 heteroatoms. The van der Waals surface area contributed by atoms with Crippen LogP contribution in [0.25, 0.3) is 0 Å². The van der Waals surface area contributed by atoms with Crippen LogP contribution in [0, 0.1) is 0 Å². The molecule has 0 aliphatic carbocycles. The van der Waals surface area contributed by atoms with Crippen molar-refractivity contribution in [1.82, 2.24) is 4.90 Å². The lowest BCUT2D eigenvalue weighted by molar-refractivity contribution is 0.0676. The van der Waals surface area contributed by atoms with E-state index < -0.39 is 5.54 Å². The maximum absolute atomic E-state index is 14.1. The van der Waals surface area contributed by atoms with Crippen molar-refractivity contribution in [2.45, 2.75) is 18.4 Å². The number of likely N-dealkylation sites (N-methyl/N-ethyl adjacent to an activating group) is 1. The van der Waals surface area contributed by atoms with Gasteiger partial charge in [0.1, 0.15) is 0 Å². The largest absolute Gasteiger partial charge is 0.378 e. The predicted octanol–water partition coefficient (Wildman–Crippen LogP) is 4.49. The van der Waals surface area contributed by atoms with Crippen LogP contribution in [0.15, 0.2) is 84.9 Å². The number of anilines is 1. The van der Waals surface area contributed by atoms with Crippen molar-refractivity contribution < 1.29 is 9.53 Å². The van der Waals surface area contributed by atoms with Crippen LogP contribution in [0.1, 0.15) is 21.5 Å². The smallest absolute Gasteiger partial charge is 0.183 e. The first-order chi connectivity index (χ1) is 15.6. The molecule has 1 aliphatic rings. The molecule has 0 spiro atoms. The van der Waals surface area contributed by atoms with Crippen LogP contribution in [0.4, 0.5) is 5.69 Å². The fourth-order valence-corrected chi connectivity index (χ4v) is 4.52. The third kappa shape index (κ3) is 4.93. The maximum atomic E-state index is 14.1. The van der Waals surface area contributed by atoms with Gasteiger partial charge in [-0.15, -0.1) is 0 Å². The summed E-state index contributed by atoms with van der Waals surface area (Å²) in [4.78, 5) is 18.5. The minimum atomic E-state index is -0.677. The number of nitrogens with zero attached hydrogens (tertiary/aromatic N) is 2. The molecule has 1 fully saturated rings. The lowest BCUT2D eigenvalue weighted by Crippen LogP contribution is -2.54. The molecular weight excluding hydrogens is 396 g/mol. The van der Waals surface area contributed by atoms with Gasteiger partial charge in [-0.25, -0.2) is 0 Å². The normalized spacial score (nSPS) is 14.5. The average Bonchev–Trinajstić information content (AvgIpc) is 2.85. The van der Waals surface area contributed by atoms with Crippen LogP contribution in [0.3, 0.4) is 0 Å². The second-order valence-electron chi connectivity index (χ2n) is 8.73. The topological polar surface area (TPSA) is 32.8 Å². The van der Waals surface area contributed by atoms with E-state index in [1.165, 1.54) is 0 Å². The fourth-order valence-electron chi connectivity index (χ4n) is 4.52. The maximum Gasteiger partial charge on any atom is 0.183 e. The number of hydrogen-bond acceptors (Lipinski definition) is 4. The van der Waals surface area contributed by atoms with Crippen LogP contribution in [-0.4, -0.2) is 56.6 Å². The van der Waals surface area contributed by atoms with Crippen LogP contribution < -0.4 is 4.90 Å². The minimum Gasteiger partial charge on any atom is -0.378 e. The van der Waals surface area contributed by atoms with E-state index >= 15 is 0 Å². The van der Waals surface area contributed by atoms with Gasteiger partial charge in [0.15, 0.2) is 5.78 Å². The van der Waals surface area contributed by atoms with Crippen molar-refractivity contribution in [2.24, 2.45) is 0 Å². The molecule has 1 aliphatic heterocycles. The number of carbonyl (C=O) groups excluding carboxylic acids is 1. The molecule has 0 unspecified atom stereocenters. The minimum absolute atomic E-state index is 0.156. The molecule has 3 aromatic carbocycles. The molecule has 0 aromatic heterocycles. The summed E-state index contributed by atoms with van der Waals surface area (Å²) in [6, 6.07) is 28.8. The molecule has 0 radical (unpaired) electrons. The van der Waals surface area contributed by atoms with Gasteiger partial charge in [-0.3, -0.25) is 9.69 Å². The summed E-state index contributed by atoms with van der Waals surface area (Å²) in [7, 11) is 4.04. The number of benzene rings is 3. The van der Waals surface area contributed by atoms with Gasteiger partial charge in [-0.1, -0.05) is 60.7 Å². The van der Waals surface area contributed by atoms with E-state index in [2.05, 4.69) is 46.2 Å². The lowest BCUT2D eigenvalue weighted by Gasteiger charge is -2.39. The molecule has 0 amide bonds. The summed E-state index contributed by atoms with van der Waals surface area (Å²) in [5.41, 5.74) is 3.54. The Kier molecular flexibility index (Phi) is 7.03. The number of morpholine rings is 1. The molecule has 0 saturated carbocycles. The highest BCUT2D eigenvalue weighted by molar-refractivity contribution is 6.04. The Labute approximate surface area is 191 Å². The highest BCUT2D eigenvalue weighted by Crippen LogP contribution is 2.29. The first kappa shape index (κ1) is 22.3. The average molecular weight is 429 g/mol. The van der Waals surface area contributed by atoms with E-state index in [9.17, 15) is 4.79 Å². The predicted molar refractivity (Wildman–Crippen MR) is 131 cm³/mol. The zero-order chi connectivity index (χ0) is 22.4.